The third-order valence-electron chi connectivity index (χ3n) is 2.47. The second kappa shape index (κ2) is 5.42. The van der Waals surface area contributed by atoms with Crippen LogP contribution in [0.25, 0.3) is 0 Å². The third-order valence-corrected chi connectivity index (χ3v) is 3.39. The van der Waals surface area contributed by atoms with Crippen molar-refractivity contribution in [2.75, 3.05) is 24.3 Å². The van der Waals surface area contributed by atoms with E-state index in [-0.39, 0.29) is 5.91 Å². The van der Waals surface area contributed by atoms with Crippen LogP contribution in [0.5, 0.6) is 0 Å². The Kier molecular flexibility index (Phi) is 3.89. The molecule has 0 unspecified atom stereocenters. The van der Waals surface area contributed by atoms with Gasteiger partial charge in [0.05, 0.1) is 16.9 Å². The lowest BCUT2D eigenvalue weighted by atomic mass is 10.2. The molecule has 1 N–H and O–H groups in total. The second-order valence-electron chi connectivity index (χ2n) is 4.02. The van der Waals surface area contributed by atoms with Crippen LogP contribution in [0.1, 0.15) is 10.4 Å². The number of carbonyl (C=O) groups excluding carboxylic acids is 1. The van der Waals surface area contributed by atoms with E-state index in [1.165, 1.54) is 11.3 Å². The van der Waals surface area contributed by atoms with Gasteiger partial charge in [0.1, 0.15) is 0 Å². The SMILES string of the molecule is CN(C)c1ccc(Cl)cc1NC(=O)c1ccsc1. The molecule has 0 fully saturated rings. The number of hydrogen-bond acceptors (Lipinski definition) is 3. The van der Waals surface area contributed by atoms with Crippen LogP contribution in [0.15, 0.2) is 35.0 Å². The molecule has 0 aliphatic carbocycles. The zero-order chi connectivity index (χ0) is 13.1. The van der Waals surface area contributed by atoms with Gasteiger partial charge in [-0.2, -0.15) is 11.3 Å². The van der Waals surface area contributed by atoms with Gasteiger partial charge in [0.15, 0.2) is 0 Å². The molecule has 0 saturated heterocycles. The van der Waals surface area contributed by atoms with Crippen molar-refractivity contribution in [2.45, 2.75) is 0 Å². The second-order valence-corrected chi connectivity index (χ2v) is 5.24. The zero-order valence-electron chi connectivity index (χ0n) is 10.1. The minimum absolute atomic E-state index is 0.124. The van der Waals surface area contributed by atoms with Crippen LogP contribution in [0.2, 0.25) is 5.02 Å². The van der Waals surface area contributed by atoms with E-state index in [9.17, 15) is 4.79 Å². The van der Waals surface area contributed by atoms with Crippen LogP contribution in [0.3, 0.4) is 0 Å². The molecule has 1 aromatic heterocycles. The van der Waals surface area contributed by atoms with Crippen LogP contribution < -0.4 is 10.2 Å². The van der Waals surface area contributed by atoms with Crippen molar-refractivity contribution in [3.8, 4) is 0 Å². The average Bonchev–Trinajstić information content (AvgIpc) is 2.81. The third kappa shape index (κ3) is 2.83. The molecule has 0 bridgehead atoms. The van der Waals surface area contributed by atoms with E-state index in [4.69, 9.17) is 11.6 Å². The monoisotopic (exact) mass is 280 g/mol. The molecule has 0 radical (unpaired) electrons. The van der Waals surface area contributed by atoms with Gasteiger partial charge in [-0.3, -0.25) is 4.79 Å². The van der Waals surface area contributed by atoms with Gasteiger partial charge in [-0.25, -0.2) is 0 Å². The molecular formula is C13H13ClN2OS. The lowest BCUT2D eigenvalue weighted by molar-refractivity contribution is 0.102. The molecule has 0 atom stereocenters. The minimum atomic E-state index is -0.124. The number of thiophene rings is 1. The van der Waals surface area contributed by atoms with Crippen molar-refractivity contribution in [3.05, 3.63) is 45.6 Å². The molecule has 3 nitrogen and oxygen atoms in total. The van der Waals surface area contributed by atoms with Crippen molar-refractivity contribution in [1.82, 2.24) is 0 Å². The summed E-state index contributed by atoms with van der Waals surface area (Å²) in [5, 5.41) is 7.16. The highest BCUT2D eigenvalue weighted by atomic mass is 35.5. The van der Waals surface area contributed by atoms with Crippen molar-refractivity contribution in [2.24, 2.45) is 0 Å². The number of nitrogens with zero attached hydrogens (tertiary/aromatic N) is 1. The Morgan fingerprint density at radius 1 is 1.33 bits per heavy atom. The number of carbonyl (C=O) groups is 1. The first-order valence-electron chi connectivity index (χ1n) is 5.38. The smallest absolute Gasteiger partial charge is 0.256 e. The average molecular weight is 281 g/mol. The van der Waals surface area contributed by atoms with Crippen molar-refractivity contribution < 1.29 is 4.79 Å². The van der Waals surface area contributed by atoms with Gasteiger partial charge in [0, 0.05) is 24.5 Å². The Bertz CT molecular complexity index is 552. The molecule has 1 aromatic carbocycles. The van der Waals surface area contributed by atoms with E-state index in [1.54, 1.807) is 18.2 Å². The predicted octanol–water partition coefficient (Wildman–Crippen LogP) is 3.72. The quantitative estimate of drug-likeness (QED) is 0.929. The van der Waals surface area contributed by atoms with Crippen molar-refractivity contribution in [1.29, 1.82) is 0 Å². The van der Waals surface area contributed by atoms with Gasteiger partial charge >= 0.3 is 0 Å². The lowest BCUT2D eigenvalue weighted by Crippen LogP contribution is -2.16. The molecule has 0 saturated carbocycles. The maximum Gasteiger partial charge on any atom is 0.256 e. The first-order valence-corrected chi connectivity index (χ1v) is 6.70. The highest BCUT2D eigenvalue weighted by Gasteiger charge is 2.11. The van der Waals surface area contributed by atoms with Gasteiger partial charge in [0.2, 0.25) is 0 Å². The molecule has 94 valence electrons. The lowest BCUT2D eigenvalue weighted by Gasteiger charge is -2.18. The van der Waals surface area contributed by atoms with Crippen LogP contribution in [-0.4, -0.2) is 20.0 Å². The van der Waals surface area contributed by atoms with E-state index in [2.05, 4.69) is 5.32 Å². The highest BCUT2D eigenvalue weighted by Crippen LogP contribution is 2.28. The standard InChI is InChI=1S/C13H13ClN2OS/c1-16(2)12-4-3-10(14)7-11(12)15-13(17)9-5-6-18-8-9/h3-8H,1-2H3,(H,15,17). The summed E-state index contributed by atoms with van der Waals surface area (Å²) in [6.45, 7) is 0. The molecule has 1 heterocycles. The molecule has 2 rings (SSSR count). The van der Waals surface area contributed by atoms with Crippen LogP contribution in [-0.2, 0) is 0 Å². The van der Waals surface area contributed by atoms with Gasteiger partial charge < -0.3 is 10.2 Å². The van der Waals surface area contributed by atoms with E-state index in [0.717, 1.165) is 5.69 Å². The van der Waals surface area contributed by atoms with Gasteiger partial charge in [-0.15, -0.1) is 0 Å². The molecular weight excluding hydrogens is 268 g/mol. The number of halogens is 1. The molecule has 0 aliphatic heterocycles. The summed E-state index contributed by atoms with van der Waals surface area (Å²) in [6, 6.07) is 7.23. The molecule has 5 heteroatoms. The van der Waals surface area contributed by atoms with E-state index in [0.29, 0.717) is 16.3 Å². The molecule has 1 amide bonds. The zero-order valence-corrected chi connectivity index (χ0v) is 11.7. The predicted molar refractivity (Wildman–Crippen MR) is 78.1 cm³/mol. The Morgan fingerprint density at radius 3 is 2.72 bits per heavy atom. The Morgan fingerprint density at radius 2 is 2.11 bits per heavy atom. The number of hydrogen-bond donors (Lipinski definition) is 1. The largest absolute Gasteiger partial charge is 0.376 e. The number of amides is 1. The van der Waals surface area contributed by atoms with Gasteiger partial charge in [0.25, 0.3) is 5.91 Å². The fourth-order valence-corrected chi connectivity index (χ4v) is 2.39. The van der Waals surface area contributed by atoms with Crippen LogP contribution in [0, 0.1) is 0 Å². The van der Waals surface area contributed by atoms with E-state index < -0.39 is 0 Å². The van der Waals surface area contributed by atoms with E-state index >= 15 is 0 Å². The Balaban J connectivity index is 2.28. The maximum absolute atomic E-state index is 12.0. The summed E-state index contributed by atoms with van der Waals surface area (Å²) < 4.78 is 0. The minimum Gasteiger partial charge on any atom is -0.376 e. The summed E-state index contributed by atoms with van der Waals surface area (Å²) in [5.41, 5.74) is 2.29. The van der Waals surface area contributed by atoms with Crippen LogP contribution >= 0.6 is 22.9 Å². The van der Waals surface area contributed by atoms with Gasteiger partial charge in [-0.1, -0.05) is 11.6 Å². The Hall–Kier alpha value is -1.52. The van der Waals surface area contributed by atoms with Crippen molar-refractivity contribution in [3.63, 3.8) is 0 Å². The van der Waals surface area contributed by atoms with Crippen LogP contribution in [0.4, 0.5) is 11.4 Å². The summed E-state index contributed by atoms with van der Waals surface area (Å²) in [4.78, 5) is 13.9. The number of rotatable bonds is 3. The fraction of sp³-hybridized carbons (Fsp3) is 0.154. The topological polar surface area (TPSA) is 32.3 Å². The van der Waals surface area contributed by atoms with Gasteiger partial charge in [-0.05, 0) is 29.6 Å². The molecule has 2 aromatic rings. The first-order chi connectivity index (χ1) is 8.58. The summed E-state index contributed by atoms with van der Waals surface area (Å²) in [6.07, 6.45) is 0. The molecule has 0 spiro atoms. The number of benzene rings is 1. The first kappa shape index (κ1) is 12.9. The summed E-state index contributed by atoms with van der Waals surface area (Å²) in [5.74, 6) is -0.124. The number of anilines is 2. The summed E-state index contributed by atoms with van der Waals surface area (Å²) >= 11 is 7.46. The Labute approximate surface area is 115 Å². The number of nitrogens with one attached hydrogen (secondary N) is 1. The molecule has 0 aliphatic rings. The normalized spacial score (nSPS) is 10.2. The summed E-state index contributed by atoms with van der Waals surface area (Å²) in [7, 11) is 3.84. The maximum atomic E-state index is 12.0. The highest BCUT2D eigenvalue weighted by molar-refractivity contribution is 7.08. The van der Waals surface area contributed by atoms with Crippen molar-refractivity contribution >= 4 is 40.2 Å². The fourth-order valence-electron chi connectivity index (χ4n) is 1.59. The van der Waals surface area contributed by atoms with E-state index in [1.807, 2.05) is 35.8 Å². The molecule has 18 heavy (non-hydrogen) atoms.